The van der Waals surface area contributed by atoms with Gasteiger partial charge >= 0.3 is 12.7 Å². The number of carbonyl (C=O) groups is 1. The second-order valence-electron chi connectivity index (χ2n) is 5.51. The molecule has 0 aliphatic heterocycles. The number of aryl methyl sites for hydroxylation is 3. The molecule has 0 spiro atoms. The second kappa shape index (κ2) is 7.77. The lowest BCUT2D eigenvalue weighted by Crippen LogP contribution is -2.18. The fraction of sp³-hybridized carbons (Fsp3) is 0.278. The van der Waals surface area contributed by atoms with Gasteiger partial charge in [0.05, 0.1) is 5.69 Å². The number of halogens is 2. The van der Waals surface area contributed by atoms with Crippen molar-refractivity contribution in [2.75, 3.05) is 5.32 Å². The first-order valence-corrected chi connectivity index (χ1v) is 7.40. The molecule has 2 rings (SSSR count). The van der Waals surface area contributed by atoms with Crippen molar-refractivity contribution in [3.05, 3.63) is 58.7 Å². The number of hydrogen-bond donors (Lipinski definition) is 1. The van der Waals surface area contributed by atoms with Crippen molar-refractivity contribution in [3.8, 4) is 5.75 Å². The lowest BCUT2D eigenvalue weighted by Gasteiger charge is -2.14. The number of amides is 1. The summed E-state index contributed by atoms with van der Waals surface area (Å²) in [6, 6.07) is 11.0. The van der Waals surface area contributed by atoms with Crippen LogP contribution in [0, 0.1) is 20.8 Å². The Morgan fingerprint density at radius 1 is 1.08 bits per heavy atom. The number of benzene rings is 2. The van der Waals surface area contributed by atoms with Gasteiger partial charge in [-0.05, 0) is 38.5 Å². The molecular weight excluding hydrogens is 316 g/mol. The highest BCUT2D eigenvalue weighted by Gasteiger charge is 2.13. The first kappa shape index (κ1) is 17.7. The molecule has 24 heavy (non-hydrogen) atoms. The number of carbonyl (C=O) groups excluding carboxylic acids is 1. The Hall–Kier alpha value is -2.63. The molecule has 0 aliphatic rings. The number of anilines is 1. The van der Waals surface area contributed by atoms with Crippen molar-refractivity contribution >= 4 is 11.8 Å². The maximum atomic E-state index is 12.1. The second-order valence-corrected chi connectivity index (χ2v) is 5.51. The van der Waals surface area contributed by atoms with E-state index in [1.807, 2.05) is 45.0 Å². The normalized spacial score (nSPS) is 10.6. The molecule has 2 aromatic carbocycles. The Morgan fingerprint density at radius 2 is 1.75 bits per heavy atom. The van der Waals surface area contributed by atoms with Crippen molar-refractivity contribution in [2.45, 2.75) is 34.0 Å². The summed E-state index contributed by atoms with van der Waals surface area (Å²) in [6.07, 6.45) is -1.21. The van der Waals surface area contributed by atoms with Crippen molar-refractivity contribution in [1.82, 2.24) is 0 Å². The molecule has 1 N–H and O–H groups in total. The van der Waals surface area contributed by atoms with E-state index >= 15 is 0 Å². The zero-order valence-electron chi connectivity index (χ0n) is 13.7. The van der Waals surface area contributed by atoms with Gasteiger partial charge in [0, 0.05) is 5.56 Å². The molecule has 0 fully saturated rings. The minimum atomic E-state index is -3.16. The summed E-state index contributed by atoms with van der Waals surface area (Å²) in [5.41, 5.74) is 4.13. The Balaban J connectivity index is 2.13. The third-order valence-electron chi connectivity index (χ3n) is 3.41. The van der Waals surface area contributed by atoms with Crippen LogP contribution in [0.25, 0.3) is 0 Å². The molecule has 6 heteroatoms. The van der Waals surface area contributed by atoms with E-state index in [1.54, 1.807) is 12.1 Å². The van der Waals surface area contributed by atoms with E-state index in [4.69, 9.17) is 4.74 Å². The van der Waals surface area contributed by atoms with E-state index in [1.165, 1.54) is 0 Å². The average Bonchev–Trinajstić information content (AvgIpc) is 2.48. The fourth-order valence-corrected chi connectivity index (χ4v) is 2.30. The van der Waals surface area contributed by atoms with Crippen LogP contribution in [0.3, 0.4) is 0 Å². The lowest BCUT2D eigenvalue weighted by atomic mass is 10.1. The molecule has 0 heterocycles. The molecule has 4 nitrogen and oxygen atoms in total. The molecular formula is C18H19F2NO3. The van der Waals surface area contributed by atoms with Gasteiger partial charge in [-0.25, -0.2) is 4.79 Å². The van der Waals surface area contributed by atoms with E-state index in [0.29, 0.717) is 11.3 Å². The van der Waals surface area contributed by atoms with Gasteiger partial charge in [-0.2, -0.15) is 8.78 Å². The summed E-state index contributed by atoms with van der Waals surface area (Å²) in [5.74, 6) is 0.725. The van der Waals surface area contributed by atoms with Crippen LogP contribution in [-0.2, 0) is 11.3 Å². The molecule has 0 atom stereocenters. The van der Waals surface area contributed by atoms with Crippen LogP contribution < -0.4 is 10.1 Å². The predicted molar refractivity (Wildman–Crippen MR) is 87.5 cm³/mol. The van der Waals surface area contributed by atoms with Crippen LogP contribution in [0.5, 0.6) is 5.75 Å². The van der Waals surface area contributed by atoms with E-state index in [-0.39, 0.29) is 6.61 Å². The van der Waals surface area contributed by atoms with Crippen LogP contribution in [0.4, 0.5) is 19.3 Å². The third-order valence-corrected chi connectivity index (χ3v) is 3.41. The molecule has 0 radical (unpaired) electrons. The fourth-order valence-electron chi connectivity index (χ4n) is 2.30. The first-order valence-electron chi connectivity index (χ1n) is 7.40. The summed E-state index contributed by atoms with van der Waals surface area (Å²) in [7, 11) is 0. The van der Waals surface area contributed by atoms with E-state index in [9.17, 15) is 13.6 Å². The highest BCUT2D eigenvalue weighted by Crippen LogP contribution is 2.23. The van der Waals surface area contributed by atoms with Gasteiger partial charge in [0.15, 0.2) is 0 Å². The molecule has 0 saturated carbocycles. The van der Waals surface area contributed by atoms with E-state index in [2.05, 4.69) is 10.1 Å². The topological polar surface area (TPSA) is 47.6 Å². The maximum absolute atomic E-state index is 12.1. The van der Waals surface area contributed by atoms with Crippen molar-refractivity contribution in [1.29, 1.82) is 0 Å². The Kier molecular flexibility index (Phi) is 5.73. The van der Waals surface area contributed by atoms with Crippen LogP contribution in [0.15, 0.2) is 36.4 Å². The molecule has 128 valence electrons. The first-order chi connectivity index (χ1) is 11.3. The molecule has 2 aromatic rings. The van der Waals surface area contributed by atoms with E-state index < -0.39 is 12.7 Å². The number of rotatable bonds is 5. The van der Waals surface area contributed by atoms with Gasteiger partial charge < -0.3 is 9.47 Å². The maximum Gasteiger partial charge on any atom is 0.416 e. The largest absolute Gasteiger partial charge is 0.489 e. The zero-order chi connectivity index (χ0) is 17.7. The van der Waals surface area contributed by atoms with Gasteiger partial charge in [0.25, 0.3) is 0 Å². The van der Waals surface area contributed by atoms with Crippen LogP contribution >= 0.6 is 0 Å². The van der Waals surface area contributed by atoms with Gasteiger partial charge in [-0.15, -0.1) is 0 Å². The van der Waals surface area contributed by atoms with Crippen LogP contribution in [-0.4, -0.2) is 12.7 Å². The SMILES string of the molecule is Cc1ccc(OCc2cc(C)ccc2NC(=O)OC(F)F)c(C)c1. The smallest absolute Gasteiger partial charge is 0.416 e. The molecule has 0 saturated heterocycles. The van der Waals surface area contributed by atoms with Crippen LogP contribution in [0.1, 0.15) is 22.3 Å². The Bertz CT molecular complexity index is 732. The summed E-state index contributed by atoms with van der Waals surface area (Å²) in [5, 5.41) is 2.31. The summed E-state index contributed by atoms with van der Waals surface area (Å²) >= 11 is 0. The molecule has 0 bridgehead atoms. The number of nitrogens with one attached hydrogen (secondary N) is 1. The van der Waals surface area contributed by atoms with Crippen molar-refractivity contribution < 1.29 is 23.0 Å². The number of hydrogen-bond acceptors (Lipinski definition) is 3. The van der Waals surface area contributed by atoms with Gasteiger partial charge in [-0.3, -0.25) is 5.32 Å². The molecule has 0 unspecified atom stereocenters. The van der Waals surface area contributed by atoms with Crippen LogP contribution in [0.2, 0.25) is 0 Å². The predicted octanol–water partition coefficient (Wildman–Crippen LogP) is 4.96. The summed E-state index contributed by atoms with van der Waals surface area (Å²) < 4.78 is 33.8. The summed E-state index contributed by atoms with van der Waals surface area (Å²) in [4.78, 5) is 11.4. The average molecular weight is 335 g/mol. The van der Waals surface area contributed by atoms with Crippen molar-refractivity contribution in [2.24, 2.45) is 0 Å². The number of ether oxygens (including phenoxy) is 2. The van der Waals surface area contributed by atoms with Gasteiger partial charge in [0.1, 0.15) is 12.4 Å². The molecule has 1 amide bonds. The Labute approximate surface area is 139 Å². The van der Waals surface area contributed by atoms with Gasteiger partial charge in [0.2, 0.25) is 0 Å². The monoisotopic (exact) mass is 335 g/mol. The van der Waals surface area contributed by atoms with E-state index in [0.717, 1.165) is 22.4 Å². The standard InChI is InChI=1S/C18H19F2NO3/c1-11-5-7-16(13(3)8-11)23-10-14-9-12(2)4-6-15(14)21-18(22)24-17(19)20/h4-9,17H,10H2,1-3H3,(H,21,22). The minimum absolute atomic E-state index is 0.190. The lowest BCUT2D eigenvalue weighted by molar-refractivity contribution is -0.0766. The highest BCUT2D eigenvalue weighted by atomic mass is 19.3. The molecule has 0 aliphatic carbocycles. The quantitative estimate of drug-likeness (QED) is 0.840. The molecule has 0 aromatic heterocycles. The summed E-state index contributed by atoms with van der Waals surface area (Å²) in [6.45, 7) is 2.86. The minimum Gasteiger partial charge on any atom is -0.489 e. The van der Waals surface area contributed by atoms with Gasteiger partial charge in [-0.1, -0.05) is 35.4 Å². The zero-order valence-corrected chi connectivity index (χ0v) is 13.7. The Morgan fingerprint density at radius 3 is 2.42 bits per heavy atom. The van der Waals surface area contributed by atoms with Crippen molar-refractivity contribution in [3.63, 3.8) is 0 Å². The number of alkyl halides is 2. The highest BCUT2D eigenvalue weighted by molar-refractivity contribution is 5.85. The third kappa shape index (κ3) is 4.94.